The zero-order valence-electron chi connectivity index (χ0n) is 16.0. The van der Waals surface area contributed by atoms with Gasteiger partial charge >= 0.3 is 0 Å². The van der Waals surface area contributed by atoms with Crippen LogP contribution in [0.15, 0.2) is 71.4 Å². The van der Waals surface area contributed by atoms with Gasteiger partial charge in [-0.25, -0.2) is 4.98 Å². The van der Waals surface area contributed by atoms with Crippen LogP contribution in [0.25, 0.3) is 4.96 Å². The van der Waals surface area contributed by atoms with Gasteiger partial charge in [0.15, 0.2) is 4.96 Å². The fourth-order valence-electron chi connectivity index (χ4n) is 3.15. The van der Waals surface area contributed by atoms with Gasteiger partial charge in [-0.3, -0.25) is 19.0 Å². The van der Waals surface area contributed by atoms with E-state index in [-0.39, 0.29) is 17.0 Å². The molecule has 0 N–H and O–H groups in total. The Labute approximate surface area is 172 Å². The SMILES string of the molecule is CCc1ccc(CN(Cc2cccnc2)C(=O)c2cnc3sccn3c2=O)cc1. The molecule has 0 aliphatic rings. The number of pyridine rings is 1. The van der Waals surface area contributed by atoms with E-state index in [1.54, 1.807) is 28.9 Å². The van der Waals surface area contributed by atoms with Gasteiger partial charge in [-0.2, -0.15) is 0 Å². The molecule has 3 heterocycles. The average molecular weight is 404 g/mol. The number of benzene rings is 1. The van der Waals surface area contributed by atoms with Crippen LogP contribution in [0.3, 0.4) is 0 Å². The van der Waals surface area contributed by atoms with Crippen LogP contribution in [-0.2, 0) is 19.5 Å². The van der Waals surface area contributed by atoms with E-state index in [0.29, 0.717) is 18.1 Å². The molecule has 1 aromatic carbocycles. The molecule has 7 heteroatoms. The Bertz CT molecular complexity index is 1180. The molecule has 0 saturated carbocycles. The minimum absolute atomic E-state index is 0.0648. The molecule has 0 saturated heterocycles. The summed E-state index contributed by atoms with van der Waals surface area (Å²) in [6.07, 6.45) is 7.41. The number of rotatable bonds is 6. The number of thiazole rings is 1. The average Bonchev–Trinajstić information content (AvgIpc) is 3.24. The second kappa shape index (κ2) is 8.36. The molecule has 0 aliphatic carbocycles. The van der Waals surface area contributed by atoms with E-state index >= 15 is 0 Å². The summed E-state index contributed by atoms with van der Waals surface area (Å²) >= 11 is 1.36. The molecule has 0 aliphatic heterocycles. The van der Waals surface area contributed by atoms with Gasteiger partial charge in [0.1, 0.15) is 5.56 Å². The highest BCUT2D eigenvalue weighted by molar-refractivity contribution is 7.15. The number of aryl methyl sites for hydroxylation is 1. The first-order valence-corrected chi connectivity index (χ1v) is 10.2. The Morgan fingerprint density at radius 2 is 1.83 bits per heavy atom. The summed E-state index contributed by atoms with van der Waals surface area (Å²) in [6.45, 7) is 2.85. The minimum atomic E-state index is -0.348. The second-order valence-corrected chi connectivity index (χ2v) is 7.60. The highest BCUT2D eigenvalue weighted by Gasteiger charge is 2.21. The third kappa shape index (κ3) is 4.09. The van der Waals surface area contributed by atoms with Crippen LogP contribution in [0.4, 0.5) is 0 Å². The van der Waals surface area contributed by atoms with Gasteiger partial charge in [0.05, 0.1) is 0 Å². The maximum absolute atomic E-state index is 13.3. The molecule has 0 atom stereocenters. The van der Waals surface area contributed by atoms with E-state index in [1.807, 2.05) is 24.3 Å². The normalized spacial score (nSPS) is 10.9. The first kappa shape index (κ1) is 19.0. The molecule has 0 radical (unpaired) electrons. The Kier molecular flexibility index (Phi) is 5.48. The Balaban J connectivity index is 1.68. The van der Waals surface area contributed by atoms with Crippen LogP contribution in [0, 0.1) is 0 Å². The lowest BCUT2D eigenvalue weighted by atomic mass is 10.1. The summed E-state index contributed by atoms with van der Waals surface area (Å²) in [6, 6.07) is 11.9. The molecule has 0 unspecified atom stereocenters. The minimum Gasteiger partial charge on any atom is -0.330 e. The summed E-state index contributed by atoms with van der Waals surface area (Å²) in [5.41, 5.74) is 2.86. The lowest BCUT2D eigenvalue weighted by Crippen LogP contribution is -2.35. The molecule has 0 bridgehead atoms. The molecule has 6 nitrogen and oxygen atoms in total. The molecule has 4 aromatic rings. The van der Waals surface area contributed by atoms with Crippen molar-refractivity contribution in [3.05, 3.63) is 99.2 Å². The van der Waals surface area contributed by atoms with Crippen LogP contribution in [0.1, 0.15) is 34.0 Å². The number of hydrogen-bond donors (Lipinski definition) is 0. The lowest BCUT2D eigenvalue weighted by molar-refractivity contribution is 0.0727. The van der Waals surface area contributed by atoms with Gasteiger partial charge in [-0.05, 0) is 29.2 Å². The summed E-state index contributed by atoms with van der Waals surface area (Å²) in [5, 5.41) is 1.78. The van der Waals surface area contributed by atoms with Crippen molar-refractivity contribution in [1.82, 2.24) is 19.3 Å². The number of hydrogen-bond acceptors (Lipinski definition) is 5. The van der Waals surface area contributed by atoms with Crippen LogP contribution >= 0.6 is 11.3 Å². The predicted molar refractivity (Wildman–Crippen MR) is 113 cm³/mol. The third-order valence-electron chi connectivity index (χ3n) is 4.76. The number of carbonyl (C=O) groups excluding carboxylic acids is 1. The van der Waals surface area contributed by atoms with E-state index in [4.69, 9.17) is 0 Å². The second-order valence-electron chi connectivity index (χ2n) is 6.73. The van der Waals surface area contributed by atoms with Crippen molar-refractivity contribution in [2.75, 3.05) is 0 Å². The molecular weight excluding hydrogens is 384 g/mol. The van der Waals surface area contributed by atoms with Crippen LogP contribution in [0.2, 0.25) is 0 Å². The van der Waals surface area contributed by atoms with Gasteiger partial charge in [0.25, 0.3) is 11.5 Å². The van der Waals surface area contributed by atoms with Gasteiger partial charge in [-0.1, -0.05) is 37.3 Å². The first-order valence-electron chi connectivity index (χ1n) is 9.36. The maximum Gasteiger partial charge on any atom is 0.271 e. The number of nitrogens with zero attached hydrogens (tertiary/aromatic N) is 4. The fourth-order valence-corrected chi connectivity index (χ4v) is 3.83. The molecule has 146 valence electrons. The van der Waals surface area contributed by atoms with E-state index in [1.165, 1.54) is 27.5 Å². The quantitative estimate of drug-likeness (QED) is 0.493. The van der Waals surface area contributed by atoms with Crippen molar-refractivity contribution in [3.8, 4) is 0 Å². The van der Waals surface area contributed by atoms with Crippen LogP contribution < -0.4 is 5.56 Å². The lowest BCUT2D eigenvalue weighted by Gasteiger charge is -2.23. The van der Waals surface area contributed by atoms with E-state index in [9.17, 15) is 9.59 Å². The highest BCUT2D eigenvalue weighted by atomic mass is 32.1. The van der Waals surface area contributed by atoms with Crippen molar-refractivity contribution in [3.63, 3.8) is 0 Å². The summed E-state index contributed by atoms with van der Waals surface area (Å²) in [4.78, 5) is 36.7. The number of carbonyl (C=O) groups is 1. The van der Waals surface area contributed by atoms with Gasteiger partial charge in [-0.15, -0.1) is 11.3 Å². The van der Waals surface area contributed by atoms with Crippen molar-refractivity contribution in [2.45, 2.75) is 26.4 Å². The van der Waals surface area contributed by atoms with E-state index in [2.05, 4.69) is 29.0 Å². The highest BCUT2D eigenvalue weighted by Crippen LogP contribution is 2.14. The molecule has 3 aromatic heterocycles. The molecular formula is C22H20N4O2S. The summed E-state index contributed by atoms with van der Waals surface area (Å²) in [5.74, 6) is -0.341. The molecule has 0 fully saturated rings. The maximum atomic E-state index is 13.3. The molecule has 0 spiro atoms. The molecule has 1 amide bonds. The third-order valence-corrected chi connectivity index (χ3v) is 5.53. The van der Waals surface area contributed by atoms with Crippen LogP contribution in [0.5, 0.6) is 0 Å². The van der Waals surface area contributed by atoms with Crippen molar-refractivity contribution in [1.29, 1.82) is 0 Å². The topological polar surface area (TPSA) is 67.6 Å². The smallest absolute Gasteiger partial charge is 0.271 e. The fraction of sp³-hybridized carbons (Fsp3) is 0.182. The largest absolute Gasteiger partial charge is 0.330 e. The van der Waals surface area contributed by atoms with Gasteiger partial charge in [0, 0.05) is 43.3 Å². The Morgan fingerprint density at radius 1 is 1.07 bits per heavy atom. The standard InChI is InChI=1S/C22H20N4O2S/c1-2-16-5-7-17(8-6-16)14-25(15-18-4-3-9-23-12-18)20(27)19-13-24-22-26(21(19)28)10-11-29-22/h3-13H,2,14-15H2,1H3. The van der Waals surface area contributed by atoms with Crippen LogP contribution in [-0.4, -0.2) is 25.2 Å². The summed E-state index contributed by atoms with van der Waals surface area (Å²) in [7, 11) is 0. The number of fused-ring (bicyclic) bond motifs is 1. The van der Waals surface area contributed by atoms with Crippen molar-refractivity contribution in [2.24, 2.45) is 0 Å². The molecule has 4 rings (SSSR count). The predicted octanol–water partition coefficient (Wildman–Crippen LogP) is 3.56. The number of amides is 1. The van der Waals surface area contributed by atoms with Gasteiger partial charge in [0.2, 0.25) is 0 Å². The van der Waals surface area contributed by atoms with Gasteiger partial charge < -0.3 is 4.90 Å². The first-order chi connectivity index (χ1) is 14.2. The van der Waals surface area contributed by atoms with Crippen molar-refractivity contribution >= 4 is 22.2 Å². The van der Waals surface area contributed by atoms with Crippen molar-refractivity contribution < 1.29 is 4.79 Å². The Morgan fingerprint density at radius 3 is 2.55 bits per heavy atom. The number of aromatic nitrogens is 3. The molecule has 29 heavy (non-hydrogen) atoms. The zero-order chi connectivity index (χ0) is 20.2. The van der Waals surface area contributed by atoms with E-state index in [0.717, 1.165) is 17.5 Å². The zero-order valence-corrected chi connectivity index (χ0v) is 16.8. The monoisotopic (exact) mass is 404 g/mol. The van der Waals surface area contributed by atoms with E-state index < -0.39 is 0 Å². The summed E-state index contributed by atoms with van der Waals surface area (Å²) < 4.78 is 1.41. The Hall–Kier alpha value is -3.32.